The minimum absolute atomic E-state index is 0.0688. The van der Waals surface area contributed by atoms with Crippen molar-refractivity contribution in [2.45, 2.75) is 13.0 Å². The smallest absolute Gasteiger partial charge is 0.301 e. The lowest BCUT2D eigenvalue weighted by Gasteiger charge is -2.22. The largest absolute Gasteiger partial charge is 0.507 e. The summed E-state index contributed by atoms with van der Waals surface area (Å²) < 4.78 is 0.921. The predicted molar refractivity (Wildman–Crippen MR) is 122 cm³/mol. The molecule has 1 fully saturated rings. The fraction of sp³-hybridized carbons (Fsp3) is 0.0800. The van der Waals surface area contributed by atoms with Gasteiger partial charge in [0.2, 0.25) is 0 Å². The second-order valence-electron chi connectivity index (χ2n) is 7.41. The average Bonchev–Trinajstić information content (AvgIpc) is 3.33. The Morgan fingerprint density at radius 1 is 0.935 bits per heavy atom. The number of benzene rings is 3. The maximum atomic E-state index is 13.2. The zero-order chi connectivity index (χ0) is 21.5. The van der Waals surface area contributed by atoms with Crippen molar-refractivity contribution in [2.75, 3.05) is 4.90 Å². The highest BCUT2D eigenvalue weighted by molar-refractivity contribution is 7.22. The highest BCUT2D eigenvalue weighted by Crippen LogP contribution is 2.44. The minimum atomic E-state index is -0.761. The molecule has 0 spiro atoms. The van der Waals surface area contributed by atoms with Gasteiger partial charge in [-0.05, 0) is 24.6 Å². The monoisotopic (exact) mass is 426 g/mol. The molecule has 0 radical (unpaired) electrons. The molecule has 3 aromatic carbocycles. The van der Waals surface area contributed by atoms with Gasteiger partial charge in [-0.15, -0.1) is 0 Å². The number of rotatable bonds is 3. The Hall–Kier alpha value is -3.77. The van der Waals surface area contributed by atoms with E-state index in [-0.39, 0.29) is 11.3 Å². The number of thiazole rings is 1. The number of aliphatic hydroxyl groups excluding tert-OH is 1. The number of aromatic nitrogens is 1. The number of aryl methyl sites for hydroxylation is 1. The number of carbonyl (C=O) groups excluding carboxylic acids is 2. The van der Waals surface area contributed by atoms with Crippen LogP contribution in [0, 0.1) is 6.92 Å². The average molecular weight is 426 g/mol. The normalized spacial score (nSPS) is 18.1. The number of Topliss-reactive ketones (excluding diaryl/α,β-unsaturated/α-hetero) is 1. The number of aliphatic hydroxyl groups is 1. The molecule has 1 aliphatic heterocycles. The summed E-state index contributed by atoms with van der Waals surface area (Å²) in [6, 6.07) is 23.3. The zero-order valence-electron chi connectivity index (χ0n) is 16.6. The molecule has 1 aliphatic rings. The van der Waals surface area contributed by atoms with Gasteiger partial charge < -0.3 is 5.11 Å². The highest BCUT2D eigenvalue weighted by Gasteiger charge is 2.48. The maximum Gasteiger partial charge on any atom is 0.301 e. The molecule has 1 aromatic heterocycles. The van der Waals surface area contributed by atoms with Crippen LogP contribution in [-0.4, -0.2) is 21.8 Å². The third-order valence-corrected chi connectivity index (χ3v) is 6.41. The molecule has 1 N–H and O–H groups in total. The molecule has 1 saturated heterocycles. The van der Waals surface area contributed by atoms with E-state index in [2.05, 4.69) is 4.98 Å². The van der Waals surface area contributed by atoms with Crippen LogP contribution in [0.15, 0.2) is 84.4 Å². The number of hydrogen-bond acceptors (Lipinski definition) is 5. The van der Waals surface area contributed by atoms with Gasteiger partial charge in [-0.25, -0.2) is 4.98 Å². The molecule has 6 heteroatoms. The molecule has 5 nitrogen and oxygen atoms in total. The third-order valence-electron chi connectivity index (χ3n) is 5.37. The Morgan fingerprint density at radius 3 is 2.32 bits per heavy atom. The Kier molecular flexibility index (Phi) is 4.64. The Bertz CT molecular complexity index is 1310. The standard InChI is InChI=1S/C25H18N2O3S/c1-15-11-13-17(14-12-15)22(28)20-21(16-7-3-2-4-8-16)27(24(30)23(20)29)25-26-18-9-5-6-10-19(18)31-25/h2-14,21,28H,1H3/t21-/m1/s1. The van der Waals surface area contributed by atoms with Crippen LogP contribution in [0.1, 0.15) is 22.7 Å². The van der Waals surface area contributed by atoms with Crippen LogP contribution in [0.2, 0.25) is 0 Å². The van der Waals surface area contributed by atoms with E-state index in [0.29, 0.717) is 10.7 Å². The van der Waals surface area contributed by atoms with E-state index < -0.39 is 17.7 Å². The van der Waals surface area contributed by atoms with Gasteiger partial charge >= 0.3 is 5.91 Å². The van der Waals surface area contributed by atoms with Crippen molar-refractivity contribution < 1.29 is 14.7 Å². The SMILES string of the molecule is Cc1ccc(C(O)=C2C(=O)C(=O)N(c3nc4ccccc4s3)[C@@H]2c2ccccc2)cc1. The lowest BCUT2D eigenvalue weighted by atomic mass is 9.95. The van der Waals surface area contributed by atoms with E-state index in [9.17, 15) is 14.7 Å². The maximum absolute atomic E-state index is 13.2. The van der Waals surface area contributed by atoms with Gasteiger partial charge in [0.1, 0.15) is 5.76 Å². The second-order valence-corrected chi connectivity index (χ2v) is 8.42. The van der Waals surface area contributed by atoms with E-state index in [4.69, 9.17) is 0 Å². The number of hydrogen-bond donors (Lipinski definition) is 1. The molecule has 5 rings (SSSR count). The molecule has 0 bridgehead atoms. The van der Waals surface area contributed by atoms with E-state index in [1.165, 1.54) is 16.2 Å². The number of nitrogens with zero attached hydrogens (tertiary/aromatic N) is 2. The molecule has 0 aliphatic carbocycles. The Balaban J connectivity index is 1.73. The van der Waals surface area contributed by atoms with Gasteiger partial charge in [-0.1, -0.05) is 83.6 Å². The summed E-state index contributed by atoms with van der Waals surface area (Å²) in [7, 11) is 0. The first-order chi connectivity index (χ1) is 15.0. The van der Waals surface area contributed by atoms with Gasteiger partial charge in [0.15, 0.2) is 5.13 Å². The van der Waals surface area contributed by atoms with E-state index in [0.717, 1.165) is 21.3 Å². The lowest BCUT2D eigenvalue weighted by molar-refractivity contribution is -0.132. The Labute approximate surface area is 182 Å². The fourth-order valence-corrected chi connectivity index (χ4v) is 4.80. The summed E-state index contributed by atoms with van der Waals surface area (Å²) in [6.07, 6.45) is 0. The number of ketones is 1. The second kappa shape index (κ2) is 7.49. The summed E-state index contributed by atoms with van der Waals surface area (Å²) >= 11 is 1.35. The van der Waals surface area contributed by atoms with Crippen LogP contribution >= 0.6 is 11.3 Å². The van der Waals surface area contributed by atoms with Gasteiger partial charge in [0, 0.05) is 5.56 Å². The van der Waals surface area contributed by atoms with Crippen molar-refractivity contribution in [3.8, 4) is 0 Å². The molecule has 0 saturated carbocycles. The first kappa shape index (κ1) is 19.2. The van der Waals surface area contributed by atoms with Crippen molar-refractivity contribution in [3.63, 3.8) is 0 Å². The molecular weight excluding hydrogens is 408 g/mol. The predicted octanol–water partition coefficient (Wildman–Crippen LogP) is 5.23. The molecule has 1 atom stereocenters. The molecule has 31 heavy (non-hydrogen) atoms. The summed E-state index contributed by atoms with van der Waals surface area (Å²) in [5.41, 5.74) is 3.09. The van der Waals surface area contributed by atoms with Gasteiger partial charge in [-0.2, -0.15) is 0 Å². The third kappa shape index (κ3) is 3.21. The lowest BCUT2D eigenvalue weighted by Crippen LogP contribution is -2.29. The molecule has 152 valence electrons. The summed E-state index contributed by atoms with van der Waals surface area (Å²) in [5.74, 6) is -1.59. The molecule has 4 aromatic rings. The number of amides is 1. The van der Waals surface area contributed by atoms with Crippen LogP contribution in [0.3, 0.4) is 0 Å². The van der Waals surface area contributed by atoms with E-state index in [1.54, 1.807) is 12.1 Å². The van der Waals surface area contributed by atoms with Crippen molar-refractivity contribution in [2.24, 2.45) is 0 Å². The van der Waals surface area contributed by atoms with Crippen molar-refractivity contribution in [1.29, 1.82) is 0 Å². The molecule has 0 unspecified atom stereocenters. The number of fused-ring (bicyclic) bond motifs is 1. The number of carbonyl (C=O) groups is 2. The van der Waals surface area contributed by atoms with E-state index in [1.807, 2.05) is 73.7 Å². The number of anilines is 1. The molecule has 2 heterocycles. The van der Waals surface area contributed by atoms with Crippen LogP contribution in [0.5, 0.6) is 0 Å². The number of para-hydroxylation sites is 1. The zero-order valence-corrected chi connectivity index (χ0v) is 17.5. The first-order valence-corrected chi connectivity index (χ1v) is 10.6. The van der Waals surface area contributed by atoms with Crippen molar-refractivity contribution in [1.82, 2.24) is 4.98 Å². The van der Waals surface area contributed by atoms with E-state index >= 15 is 0 Å². The topological polar surface area (TPSA) is 70.5 Å². The van der Waals surface area contributed by atoms with Crippen LogP contribution in [0.25, 0.3) is 16.0 Å². The molecular formula is C25H18N2O3S. The summed E-state index contributed by atoms with van der Waals surface area (Å²) in [4.78, 5) is 32.3. The van der Waals surface area contributed by atoms with Crippen LogP contribution in [-0.2, 0) is 9.59 Å². The Morgan fingerprint density at radius 2 is 1.61 bits per heavy atom. The van der Waals surface area contributed by atoms with Gasteiger partial charge in [0.05, 0.1) is 21.8 Å². The minimum Gasteiger partial charge on any atom is -0.507 e. The van der Waals surface area contributed by atoms with Crippen LogP contribution < -0.4 is 4.90 Å². The summed E-state index contributed by atoms with van der Waals surface area (Å²) in [6.45, 7) is 1.94. The van der Waals surface area contributed by atoms with Crippen LogP contribution in [0.4, 0.5) is 5.13 Å². The van der Waals surface area contributed by atoms with Gasteiger partial charge in [-0.3, -0.25) is 14.5 Å². The van der Waals surface area contributed by atoms with Crippen molar-refractivity contribution >= 4 is 44.1 Å². The first-order valence-electron chi connectivity index (χ1n) is 9.83. The molecule has 1 amide bonds. The van der Waals surface area contributed by atoms with Gasteiger partial charge in [0.25, 0.3) is 5.78 Å². The van der Waals surface area contributed by atoms with Crippen molar-refractivity contribution in [3.05, 3.63) is 101 Å². The summed E-state index contributed by atoms with van der Waals surface area (Å²) in [5, 5.41) is 11.5. The highest BCUT2D eigenvalue weighted by atomic mass is 32.1. The fourth-order valence-electron chi connectivity index (χ4n) is 3.81. The quantitative estimate of drug-likeness (QED) is 0.277.